The van der Waals surface area contributed by atoms with E-state index in [9.17, 15) is 10.1 Å². The molecule has 0 aliphatic rings. The number of hydrogen-bond donors (Lipinski definition) is 4. The number of unbranched alkanes of at least 4 members (excludes halogenated alkanes) is 1. The summed E-state index contributed by atoms with van der Waals surface area (Å²) in [6.07, 6.45) is 1.43. The predicted molar refractivity (Wildman–Crippen MR) is 63.5 cm³/mol. The topological polar surface area (TPSA) is 126 Å². The normalized spacial score (nSPS) is 10.0. The number of nitro groups is 1. The molecule has 0 aliphatic heterocycles. The summed E-state index contributed by atoms with van der Waals surface area (Å²) in [5.41, 5.74) is 2.18. The van der Waals surface area contributed by atoms with Crippen LogP contribution in [0.25, 0.3) is 0 Å². The van der Waals surface area contributed by atoms with Gasteiger partial charge in [-0.1, -0.05) is 0 Å². The zero-order chi connectivity index (χ0) is 12.7. The van der Waals surface area contributed by atoms with E-state index in [4.69, 9.17) is 10.9 Å². The second-order valence-electron chi connectivity index (χ2n) is 3.35. The van der Waals surface area contributed by atoms with E-state index in [0.29, 0.717) is 18.8 Å². The van der Waals surface area contributed by atoms with Gasteiger partial charge in [0.1, 0.15) is 11.6 Å². The monoisotopic (exact) mass is 241 g/mol. The second kappa shape index (κ2) is 6.61. The number of pyridine rings is 1. The van der Waals surface area contributed by atoms with Crippen molar-refractivity contribution < 1.29 is 10.0 Å². The number of hydrogen-bond acceptors (Lipinski definition) is 7. The van der Waals surface area contributed by atoms with Gasteiger partial charge in [0.05, 0.1) is 17.1 Å². The lowest BCUT2D eigenvalue weighted by Gasteiger charge is -2.06. The predicted octanol–water partition coefficient (Wildman–Crippen LogP) is 0.460. The number of anilines is 2. The van der Waals surface area contributed by atoms with Crippen molar-refractivity contribution in [3.05, 3.63) is 22.2 Å². The lowest BCUT2D eigenvalue weighted by Crippen LogP contribution is -2.11. The van der Waals surface area contributed by atoms with Crippen molar-refractivity contribution in [1.82, 2.24) is 4.98 Å². The first-order valence-electron chi connectivity index (χ1n) is 5.15. The molecule has 0 radical (unpaired) electrons. The van der Waals surface area contributed by atoms with E-state index in [-0.39, 0.29) is 18.1 Å². The Balaban J connectivity index is 2.70. The van der Waals surface area contributed by atoms with Crippen molar-refractivity contribution in [3.8, 4) is 0 Å². The molecule has 17 heavy (non-hydrogen) atoms. The van der Waals surface area contributed by atoms with Gasteiger partial charge in [0.2, 0.25) is 0 Å². The van der Waals surface area contributed by atoms with Crippen molar-refractivity contribution >= 4 is 17.3 Å². The van der Waals surface area contributed by atoms with Crippen LogP contribution in [0, 0.1) is 10.1 Å². The second-order valence-corrected chi connectivity index (χ2v) is 3.35. The molecule has 94 valence electrons. The van der Waals surface area contributed by atoms with Crippen LogP contribution in [0.5, 0.6) is 0 Å². The van der Waals surface area contributed by atoms with Gasteiger partial charge >= 0.3 is 0 Å². The Bertz CT molecular complexity index is 385. The van der Waals surface area contributed by atoms with E-state index in [1.807, 2.05) is 0 Å². The van der Waals surface area contributed by atoms with Crippen molar-refractivity contribution in [2.45, 2.75) is 12.8 Å². The van der Waals surface area contributed by atoms with Gasteiger partial charge in [-0.2, -0.15) is 0 Å². The summed E-state index contributed by atoms with van der Waals surface area (Å²) >= 11 is 0. The molecule has 5 N–H and O–H groups in total. The van der Waals surface area contributed by atoms with Gasteiger partial charge in [-0.3, -0.25) is 10.1 Å². The van der Waals surface area contributed by atoms with Crippen molar-refractivity contribution in [1.29, 1.82) is 0 Å². The largest absolute Gasteiger partial charge is 0.396 e. The minimum atomic E-state index is -0.512. The molecule has 1 aromatic rings. The lowest BCUT2D eigenvalue weighted by atomic mass is 10.3. The minimum Gasteiger partial charge on any atom is -0.396 e. The molecule has 8 nitrogen and oxygen atoms in total. The van der Waals surface area contributed by atoms with Crippen LogP contribution in [-0.4, -0.2) is 28.2 Å². The fourth-order valence-corrected chi connectivity index (χ4v) is 1.24. The third-order valence-electron chi connectivity index (χ3n) is 2.06. The van der Waals surface area contributed by atoms with Crippen LogP contribution in [0.2, 0.25) is 0 Å². The Hall–Kier alpha value is -1.93. The summed E-state index contributed by atoms with van der Waals surface area (Å²) in [5, 5.41) is 22.2. The first-order chi connectivity index (χ1) is 8.17. The third-order valence-corrected chi connectivity index (χ3v) is 2.06. The van der Waals surface area contributed by atoms with Gasteiger partial charge in [-0.15, -0.1) is 0 Å². The molecule has 0 aromatic carbocycles. The molecule has 0 spiro atoms. The van der Waals surface area contributed by atoms with Gasteiger partial charge in [-0.05, 0) is 12.8 Å². The van der Waals surface area contributed by atoms with E-state index < -0.39 is 4.92 Å². The van der Waals surface area contributed by atoms with Gasteiger partial charge in [0.15, 0.2) is 0 Å². The third kappa shape index (κ3) is 4.21. The maximum absolute atomic E-state index is 10.6. The lowest BCUT2D eigenvalue weighted by molar-refractivity contribution is -0.384. The van der Waals surface area contributed by atoms with Crippen molar-refractivity contribution in [2.75, 3.05) is 23.9 Å². The van der Waals surface area contributed by atoms with Crippen LogP contribution in [0.15, 0.2) is 12.1 Å². The molecule has 0 fully saturated rings. The van der Waals surface area contributed by atoms with Gasteiger partial charge in [-0.25, -0.2) is 10.8 Å². The SMILES string of the molecule is NNc1cc([N+](=O)[O-])cc(NCCCCO)n1. The molecule has 0 aliphatic carbocycles. The highest BCUT2D eigenvalue weighted by molar-refractivity contribution is 5.54. The highest BCUT2D eigenvalue weighted by Gasteiger charge is 2.10. The Morgan fingerprint density at radius 3 is 2.71 bits per heavy atom. The fraction of sp³-hybridized carbons (Fsp3) is 0.444. The molecule has 1 rings (SSSR count). The Kier molecular flexibility index (Phi) is 5.11. The van der Waals surface area contributed by atoms with Gasteiger partial charge in [0, 0.05) is 13.2 Å². The summed E-state index contributed by atoms with van der Waals surface area (Å²) < 4.78 is 0. The van der Waals surface area contributed by atoms with Crippen LogP contribution < -0.4 is 16.6 Å². The van der Waals surface area contributed by atoms with E-state index in [2.05, 4.69) is 15.7 Å². The van der Waals surface area contributed by atoms with Crippen LogP contribution in [-0.2, 0) is 0 Å². The molecule has 0 unspecified atom stereocenters. The molecule has 0 amide bonds. The number of nitrogens with one attached hydrogen (secondary N) is 2. The quantitative estimate of drug-likeness (QED) is 0.236. The zero-order valence-corrected chi connectivity index (χ0v) is 9.22. The summed E-state index contributed by atoms with van der Waals surface area (Å²) in [7, 11) is 0. The van der Waals surface area contributed by atoms with Crippen LogP contribution in [0.1, 0.15) is 12.8 Å². The number of aliphatic hydroxyl groups is 1. The highest BCUT2D eigenvalue weighted by atomic mass is 16.6. The number of aromatic nitrogens is 1. The van der Waals surface area contributed by atoms with Crippen molar-refractivity contribution in [3.63, 3.8) is 0 Å². The standard InChI is InChI=1S/C9H15N5O3/c10-13-9-6-7(14(16)17)5-8(12-9)11-3-1-2-4-15/h5-6,15H,1-4,10H2,(H2,11,12,13). The van der Waals surface area contributed by atoms with Gasteiger partial charge < -0.3 is 15.8 Å². The van der Waals surface area contributed by atoms with E-state index in [1.165, 1.54) is 12.1 Å². The van der Waals surface area contributed by atoms with Gasteiger partial charge in [0.25, 0.3) is 5.69 Å². The number of hydrazine groups is 1. The molecule has 8 heteroatoms. The minimum absolute atomic E-state index is 0.0855. The molecule has 0 bridgehead atoms. The fourth-order valence-electron chi connectivity index (χ4n) is 1.24. The van der Waals surface area contributed by atoms with E-state index in [0.717, 1.165) is 6.42 Å². The molecule has 0 saturated carbocycles. The Morgan fingerprint density at radius 1 is 1.41 bits per heavy atom. The molecular formula is C9H15N5O3. The Labute approximate surface area is 98.0 Å². The van der Waals surface area contributed by atoms with Crippen molar-refractivity contribution in [2.24, 2.45) is 5.84 Å². The summed E-state index contributed by atoms with van der Waals surface area (Å²) in [6.45, 7) is 0.707. The Morgan fingerprint density at radius 2 is 2.12 bits per heavy atom. The first-order valence-corrected chi connectivity index (χ1v) is 5.15. The highest BCUT2D eigenvalue weighted by Crippen LogP contribution is 2.19. The number of nitrogens with two attached hydrogens (primary N) is 1. The molecule has 0 atom stereocenters. The smallest absolute Gasteiger partial charge is 0.276 e. The van der Waals surface area contributed by atoms with E-state index in [1.54, 1.807) is 0 Å². The molecule has 1 aromatic heterocycles. The number of aliphatic hydroxyl groups excluding tert-OH is 1. The first kappa shape index (κ1) is 13.1. The summed E-state index contributed by atoms with van der Waals surface area (Å²) in [6, 6.07) is 2.58. The van der Waals surface area contributed by atoms with Crippen LogP contribution >= 0.6 is 0 Å². The molecular weight excluding hydrogens is 226 g/mol. The number of nitrogen functional groups attached to an aromatic ring is 1. The van der Waals surface area contributed by atoms with Crippen LogP contribution in [0.3, 0.4) is 0 Å². The summed E-state index contributed by atoms with van der Waals surface area (Å²) in [4.78, 5) is 14.2. The number of nitrogens with zero attached hydrogens (tertiary/aromatic N) is 2. The number of rotatable bonds is 7. The molecule has 1 heterocycles. The zero-order valence-electron chi connectivity index (χ0n) is 9.22. The maximum Gasteiger partial charge on any atom is 0.276 e. The van der Waals surface area contributed by atoms with Crippen LogP contribution in [0.4, 0.5) is 17.3 Å². The maximum atomic E-state index is 10.6. The summed E-state index contributed by atoms with van der Waals surface area (Å²) in [5.74, 6) is 5.77. The average molecular weight is 241 g/mol. The molecule has 0 saturated heterocycles. The van der Waals surface area contributed by atoms with E-state index >= 15 is 0 Å². The average Bonchev–Trinajstić information content (AvgIpc) is 2.34.